The summed E-state index contributed by atoms with van der Waals surface area (Å²) in [5.41, 5.74) is 0.493. The standard InChI is InChI=1S/C14H21NO2S/c1-3-14(4-2)7-8-15(10-14)9-11-5-6-12(18-11)13(16)17/h5-6H,3-4,7-10H2,1-2H3,(H,16,17). The van der Waals surface area contributed by atoms with Crippen molar-refractivity contribution in [3.8, 4) is 0 Å². The first-order valence-electron chi connectivity index (χ1n) is 6.63. The van der Waals surface area contributed by atoms with Gasteiger partial charge in [0.15, 0.2) is 0 Å². The van der Waals surface area contributed by atoms with Gasteiger partial charge in [-0.2, -0.15) is 0 Å². The second kappa shape index (κ2) is 5.41. The maximum atomic E-state index is 10.8. The lowest BCUT2D eigenvalue weighted by atomic mass is 9.82. The van der Waals surface area contributed by atoms with E-state index in [1.807, 2.05) is 6.07 Å². The molecule has 3 nitrogen and oxygen atoms in total. The number of aromatic carboxylic acids is 1. The Morgan fingerprint density at radius 2 is 2.17 bits per heavy atom. The molecule has 18 heavy (non-hydrogen) atoms. The molecule has 1 aliphatic rings. The van der Waals surface area contributed by atoms with Gasteiger partial charge in [-0.1, -0.05) is 13.8 Å². The van der Waals surface area contributed by atoms with E-state index >= 15 is 0 Å². The van der Waals surface area contributed by atoms with Gasteiger partial charge in [0.25, 0.3) is 0 Å². The Bertz CT molecular complexity index is 423. The maximum Gasteiger partial charge on any atom is 0.345 e. The lowest BCUT2D eigenvalue weighted by molar-refractivity contribution is 0.0702. The van der Waals surface area contributed by atoms with Crippen LogP contribution in [0.1, 0.15) is 47.7 Å². The van der Waals surface area contributed by atoms with E-state index < -0.39 is 5.97 Å². The Hall–Kier alpha value is -0.870. The first kappa shape index (κ1) is 13.6. The van der Waals surface area contributed by atoms with E-state index in [0.29, 0.717) is 10.3 Å². The zero-order chi connectivity index (χ0) is 13.2. The van der Waals surface area contributed by atoms with Crippen LogP contribution in [-0.4, -0.2) is 29.1 Å². The molecule has 0 unspecified atom stereocenters. The summed E-state index contributed by atoms with van der Waals surface area (Å²) < 4.78 is 0. The van der Waals surface area contributed by atoms with Crippen LogP contribution < -0.4 is 0 Å². The van der Waals surface area contributed by atoms with Crippen LogP contribution in [-0.2, 0) is 6.54 Å². The number of carboxylic acid groups (broad SMARTS) is 1. The van der Waals surface area contributed by atoms with Gasteiger partial charge in [-0.15, -0.1) is 11.3 Å². The van der Waals surface area contributed by atoms with Crippen LogP contribution in [0, 0.1) is 5.41 Å². The molecule has 0 atom stereocenters. The third-order valence-electron chi connectivity index (χ3n) is 4.27. The monoisotopic (exact) mass is 267 g/mol. The van der Waals surface area contributed by atoms with Crippen LogP contribution in [0.25, 0.3) is 0 Å². The van der Waals surface area contributed by atoms with Gasteiger partial charge >= 0.3 is 5.97 Å². The molecule has 2 heterocycles. The van der Waals surface area contributed by atoms with Crippen LogP contribution in [0.5, 0.6) is 0 Å². The number of likely N-dealkylation sites (tertiary alicyclic amines) is 1. The highest BCUT2D eigenvalue weighted by atomic mass is 32.1. The fourth-order valence-electron chi connectivity index (χ4n) is 2.79. The Morgan fingerprint density at radius 3 is 2.67 bits per heavy atom. The lowest BCUT2D eigenvalue weighted by Gasteiger charge is -2.26. The first-order valence-corrected chi connectivity index (χ1v) is 7.44. The molecule has 1 aliphatic heterocycles. The van der Waals surface area contributed by atoms with Crippen molar-refractivity contribution in [1.82, 2.24) is 4.90 Å². The summed E-state index contributed by atoms with van der Waals surface area (Å²) in [5.74, 6) is -0.816. The number of carbonyl (C=O) groups is 1. The number of thiophene rings is 1. The minimum atomic E-state index is -0.816. The molecule has 1 saturated heterocycles. The van der Waals surface area contributed by atoms with Crippen LogP contribution in [0.2, 0.25) is 0 Å². The van der Waals surface area contributed by atoms with Crippen LogP contribution in [0.15, 0.2) is 12.1 Å². The molecule has 2 rings (SSSR count). The second-order valence-electron chi connectivity index (χ2n) is 5.24. The SMILES string of the molecule is CCC1(CC)CCN(Cc2ccc(C(=O)O)s2)C1. The number of carboxylic acids is 1. The summed E-state index contributed by atoms with van der Waals surface area (Å²) in [7, 11) is 0. The summed E-state index contributed by atoms with van der Waals surface area (Å²) in [6.07, 6.45) is 3.76. The Morgan fingerprint density at radius 1 is 1.44 bits per heavy atom. The van der Waals surface area contributed by atoms with E-state index in [9.17, 15) is 4.79 Å². The molecule has 0 spiro atoms. The fourth-order valence-corrected chi connectivity index (χ4v) is 3.68. The third-order valence-corrected chi connectivity index (χ3v) is 5.33. The molecule has 1 N–H and O–H groups in total. The predicted molar refractivity (Wildman–Crippen MR) is 74.2 cm³/mol. The summed E-state index contributed by atoms with van der Waals surface area (Å²) in [6, 6.07) is 3.66. The summed E-state index contributed by atoms with van der Waals surface area (Å²) >= 11 is 1.40. The molecule has 0 amide bonds. The van der Waals surface area contributed by atoms with Gasteiger partial charge in [-0.3, -0.25) is 4.90 Å². The Balaban J connectivity index is 1.96. The molecule has 1 fully saturated rings. The van der Waals surface area contributed by atoms with Gasteiger partial charge in [-0.05, 0) is 43.4 Å². The van der Waals surface area contributed by atoms with Crippen molar-refractivity contribution in [2.24, 2.45) is 5.41 Å². The van der Waals surface area contributed by atoms with E-state index in [4.69, 9.17) is 5.11 Å². The largest absolute Gasteiger partial charge is 0.477 e. The molecule has 4 heteroatoms. The summed E-state index contributed by atoms with van der Waals surface area (Å²) in [4.78, 5) is 14.9. The maximum absolute atomic E-state index is 10.8. The topological polar surface area (TPSA) is 40.5 Å². The fraction of sp³-hybridized carbons (Fsp3) is 0.643. The predicted octanol–water partition coefficient (Wildman–Crippen LogP) is 3.46. The smallest absolute Gasteiger partial charge is 0.345 e. The van der Waals surface area contributed by atoms with Crippen molar-refractivity contribution >= 4 is 17.3 Å². The minimum Gasteiger partial charge on any atom is -0.477 e. The van der Waals surface area contributed by atoms with Gasteiger partial charge in [0.05, 0.1) is 0 Å². The molecule has 1 aromatic rings. The number of hydrogen-bond donors (Lipinski definition) is 1. The second-order valence-corrected chi connectivity index (χ2v) is 6.41. The van der Waals surface area contributed by atoms with Gasteiger partial charge in [0, 0.05) is 18.0 Å². The number of nitrogens with zero attached hydrogens (tertiary/aromatic N) is 1. The zero-order valence-electron chi connectivity index (χ0n) is 11.1. The van der Waals surface area contributed by atoms with Crippen LogP contribution in [0.4, 0.5) is 0 Å². The van der Waals surface area contributed by atoms with Crippen LogP contribution >= 0.6 is 11.3 Å². The molecule has 0 aliphatic carbocycles. The van der Waals surface area contributed by atoms with Crippen molar-refractivity contribution in [2.75, 3.05) is 13.1 Å². The van der Waals surface area contributed by atoms with Crippen molar-refractivity contribution in [3.63, 3.8) is 0 Å². The van der Waals surface area contributed by atoms with E-state index in [1.165, 1.54) is 30.6 Å². The first-order chi connectivity index (χ1) is 8.58. The quantitative estimate of drug-likeness (QED) is 0.888. The van der Waals surface area contributed by atoms with Crippen molar-refractivity contribution in [2.45, 2.75) is 39.7 Å². The van der Waals surface area contributed by atoms with E-state index in [0.717, 1.165) is 24.5 Å². The van der Waals surface area contributed by atoms with Crippen molar-refractivity contribution in [1.29, 1.82) is 0 Å². The molecule has 0 aromatic carbocycles. The molecule has 0 radical (unpaired) electrons. The van der Waals surface area contributed by atoms with Gasteiger partial charge < -0.3 is 5.11 Å². The average Bonchev–Trinajstić information content (AvgIpc) is 2.97. The minimum absolute atomic E-state index is 0.446. The molecule has 0 saturated carbocycles. The van der Waals surface area contributed by atoms with Gasteiger partial charge in [0.2, 0.25) is 0 Å². The highest BCUT2D eigenvalue weighted by Crippen LogP contribution is 2.37. The Kier molecular flexibility index (Phi) is 4.07. The third kappa shape index (κ3) is 2.75. The van der Waals surface area contributed by atoms with Gasteiger partial charge in [0.1, 0.15) is 4.88 Å². The number of hydrogen-bond acceptors (Lipinski definition) is 3. The molecule has 1 aromatic heterocycles. The molecule has 0 bridgehead atoms. The van der Waals surface area contributed by atoms with E-state index in [-0.39, 0.29) is 0 Å². The van der Waals surface area contributed by atoms with Crippen molar-refractivity contribution in [3.05, 3.63) is 21.9 Å². The summed E-state index contributed by atoms with van der Waals surface area (Å²) in [5, 5.41) is 8.92. The molecular weight excluding hydrogens is 246 g/mol. The normalized spacial score (nSPS) is 19.2. The molecular formula is C14H21NO2S. The van der Waals surface area contributed by atoms with E-state index in [1.54, 1.807) is 6.07 Å². The van der Waals surface area contributed by atoms with Crippen LogP contribution in [0.3, 0.4) is 0 Å². The number of rotatable bonds is 5. The van der Waals surface area contributed by atoms with E-state index in [2.05, 4.69) is 18.7 Å². The summed E-state index contributed by atoms with van der Waals surface area (Å²) in [6.45, 7) is 7.75. The highest BCUT2D eigenvalue weighted by molar-refractivity contribution is 7.13. The molecule has 100 valence electrons. The van der Waals surface area contributed by atoms with Crippen molar-refractivity contribution < 1.29 is 9.90 Å². The zero-order valence-corrected chi connectivity index (χ0v) is 11.9. The average molecular weight is 267 g/mol. The Labute approximate surface area is 112 Å². The van der Waals surface area contributed by atoms with Gasteiger partial charge in [-0.25, -0.2) is 4.79 Å². The highest BCUT2D eigenvalue weighted by Gasteiger charge is 2.34. The lowest BCUT2D eigenvalue weighted by Crippen LogP contribution is -2.25.